The van der Waals surface area contributed by atoms with Crippen molar-refractivity contribution in [3.05, 3.63) is 27.1 Å². The summed E-state index contributed by atoms with van der Waals surface area (Å²) in [5.74, 6) is -0.476. The topological polar surface area (TPSA) is 104 Å². The highest BCUT2D eigenvalue weighted by Crippen LogP contribution is 2.27. The lowest BCUT2D eigenvalue weighted by Crippen LogP contribution is -2.30. The zero-order valence-electron chi connectivity index (χ0n) is 14.3. The molecule has 1 aliphatic carbocycles. The summed E-state index contributed by atoms with van der Waals surface area (Å²) >= 11 is 1.09. The van der Waals surface area contributed by atoms with E-state index < -0.39 is 11.9 Å². The maximum atomic E-state index is 12.6. The normalized spacial score (nSPS) is 20.6. The molecule has 3 rings (SSSR count). The standard InChI is InChI=1S/C17H21N3O4S/c1-9-4-3-5-11(6-9)24-12(21)7-20-8-19-16-13(17(20)23)10(2)14(25-16)15(18)22/h8-9,11H,3-7H2,1-2H3,(H2,18,22)/t9-,11-/m1/s1. The summed E-state index contributed by atoms with van der Waals surface area (Å²) in [7, 11) is 0. The van der Waals surface area contributed by atoms with Gasteiger partial charge in [-0.1, -0.05) is 13.3 Å². The first-order valence-corrected chi connectivity index (χ1v) is 9.16. The van der Waals surface area contributed by atoms with Crippen LogP contribution in [0, 0.1) is 12.8 Å². The molecule has 0 spiro atoms. The lowest BCUT2D eigenvalue weighted by Gasteiger charge is -2.26. The number of ether oxygens (including phenoxy) is 1. The van der Waals surface area contributed by atoms with Gasteiger partial charge in [-0.3, -0.25) is 19.0 Å². The number of nitrogens with two attached hydrogens (primary N) is 1. The van der Waals surface area contributed by atoms with Gasteiger partial charge in [-0.15, -0.1) is 11.3 Å². The van der Waals surface area contributed by atoms with Gasteiger partial charge in [-0.2, -0.15) is 0 Å². The number of aryl methyl sites for hydroxylation is 1. The summed E-state index contributed by atoms with van der Waals surface area (Å²) < 4.78 is 6.73. The molecule has 0 aromatic carbocycles. The molecule has 0 radical (unpaired) electrons. The minimum absolute atomic E-state index is 0.0759. The molecule has 25 heavy (non-hydrogen) atoms. The molecule has 0 saturated heterocycles. The number of carbonyl (C=O) groups is 2. The molecule has 0 bridgehead atoms. The summed E-state index contributed by atoms with van der Waals surface area (Å²) in [6, 6.07) is 0. The van der Waals surface area contributed by atoms with E-state index in [1.807, 2.05) is 0 Å². The first-order chi connectivity index (χ1) is 11.9. The molecule has 134 valence electrons. The van der Waals surface area contributed by atoms with Gasteiger partial charge in [0.05, 0.1) is 16.6 Å². The van der Waals surface area contributed by atoms with Crippen LogP contribution in [0.1, 0.15) is 47.8 Å². The Kier molecular flexibility index (Phi) is 4.89. The highest BCUT2D eigenvalue weighted by atomic mass is 32.1. The van der Waals surface area contributed by atoms with E-state index in [1.165, 1.54) is 10.9 Å². The molecule has 1 saturated carbocycles. The van der Waals surface area contributed by atoms with Gasteiger partial charge in [0.15, 0.2) is 0 Å². The lowest BCUT2D eigenvalue weighted by molar-refractivity contribution is -0.152. The number of carbonyl (C=O) groups excluding carboxylic acids is 2. The summed E-state index contributed by atoms with van der Waals surface area (Å²) in [6.07, 6.45) is 5.19. The largest absolute Gasteiger partial charge is 0.461 e. The van der Waals surface area contributed by atoms with Crippen molar-refractivity contribution < 1.29 is 14.3 Å². The molecule has 1 amide bonds. The molecule has 2 heterocycles. The van der Waals surface area contributed by atoms with Crippen LogP contribution in [0.15, 0.2) is 11.1 Å². The van der Waals surface area contributed by atoms with Crippen molar-refractivity contribution in [2.45, 2.75) is 52.2 Å². The Morgan fingerprint density at radius 2 is 2.20 bits per heavy atom. The van der Waals surface area contributed by atoms with Gasteiger partial charge < -0.3 is 10.5 Å². The highest BCUT2D eigenvalue weighted by molar-refractivity contribution is 7.20. The first-order valence-electron chi connectivity index (χ1n) is 8.34. The number of hydrogen-bond acceptors (Lipinski definition) is 6. The second kappa shape index (κ2) is 6.95. The van der Waals surface area contributed by atoms with Crippen molar-refractivity contribution >= 4 is 33.4 Å². The summed E-state index contributed by atoms with van der Waals surface area (Å²) in [5, 5.41) is 0.334. The third-order valence-corrected chi connectivity index (χ3v) is 5.84. The molecule has 2 N–H and O–H groups in total. The zero-order valence-corrected chi connectivity index (χ0v) is 15.1. The fourth-order valence-corrected chi connectivity index (χ4v) is 4.35. The third kappa shape index (κ3) is 3.58. The fourth-order valence-electron chi connectivity index (χ4n) is 3.35. The fraction of sp³-hybridized carbons (Fsp3) is 0.529. The van der Waals surface area contributed by atoms with E-state index in [0.717, 1.165) is 37.0 Å². The number of fused-ring (bicyclic) bond motifs is 1. The number of thiophene rings is 1. The number of aromatic nitrogens is 2. The second-order valence-electron chi connectivity index (χ2n) is 6.66. The number of esters is 1. The SMILES string of the molecule is Cc1c(C(N)=O)sc2ncn(CC(=O)O[C@@H]3CCC[C@@H](C)C3)c(=O)c12. The van der Waals surface area contributed by atoms with Crippen LogP contribution >= 0.6 is 11.3 Å². The Morgan fingerprint density at radius 3 is 2.88 bits per heavy atom. The van der Waals surface area contributed by atoms with Crippen molar-refractivity contribution in [3.63, 3.8) is 0 Å². The highest BCUT2D eigenvalue weighted by Gasteiger charge is 2.23. The van der Waals surface area contributed by atoms with Crippen LogP contribution < -0.4 is 11.3 Å². The average Bonchev–Trinajstić information content (AvgIpc) is 2.88. The zero-order chi connectivity index (χ0) is 18.1. The van der Waals surface area contributed by atoms with Crippen molar-refractivity contribution in [3.8, 4) is 0 Å². The molecule has 2 aromatic rings. The molecular formula is C17H21N3O4S. The Labute approximate surface area is 148 Å². The molecule has 0 unspecified atom stereocenters. The Bertz CT molecular complexity index is 886. The molecule has 2 atom stereocenters. The maximum absolute atomic E-state index is 12.6. The van der Waals surface area contributed by atoms with Crippen LogP contribution in [0.4, 0.5) is 0 Å². The summed E-state index contributed by atoms with van der Waals surface area (Å²) in [6.45, 7) is 3.62. The average molecular weight is 363 g/mol. The van der Waals surface area contributed by atoms with Crippen LogP contribution in [0.3, 0.4) is 0 Å². The first kappa shape index (κ1) is 17.6. The van der Waals surface area contributed by atoms with Crippen molar-refractivity contribution in [1.82, 2.24) is 9.55 Å². The molecule has 1 fully saturated rings. The van der Waals surface area contributed by atoms with E-state index in [1.54, 1.807) is 6.92 Å². The molecule has 1 aliphatic rings. The molecule has 8 heteroatoms. The van der Waals surface area contributed by atoms with Gasteiger partial charge in [-0.05, 0) is 37.7 Å². The number of nitrogens with zero attached hydrogens (tertiary/aromatic N) is 2. The smallest absolute Gasteiger partial charge is 0.326 e. The van der Waals surface area contributed by atoms with Crippen LogP contribution in [0.2, 0.25) is 0 Å². The van der Waals surface area contributed by atoms with Crippen molar-refractivity contribution in [2.24, 2.45) is 11.7 Å². The van der Waals surface area contributed by atoms with Crippen molar-refractivity contribution in [1.29, 1.82) is 0 Å². The van der Waals surface area contributed by atoms with E-state index in [9.17, 15) is 14.4 Å². The Morgan fingerprint density at radius 1 is 1.44 bits per heavy atom. The predicted molar refractivity (Wildman–Crippen MR) is 94.6 cm³/mol. The van der Waals surface area contributed by atoms with Gasteiger partial charge in [0.25, 0.3) is 11.5 Å². The lowest BCUT2D eigenvalue weighted by atomic mass is 9.89. The van der Waals surface area contributed by atoms with Crippen molar-refractivity contribution in [2.75, 3.05) is 0 Å². The van der Waals surface area contributed by atoms with Gasteiger partial charge in [-0.25, -0.2) is 4.98 Å². The number of primary amides is 1. The van der Waals surface area contributed by atoms with E-state index in [2.05, 4.69) is 11.9 Å². The second-order valence-corrected chi connectivity index (χ2v) is 7.66. The van der Waals surface area contributed by atoms with E-state index >= 15 is 0 Å². The predicted octanol–water partition coefficient (Wildman–Crippen LogP) is 1.99. The van der Waals surface area contributed by atoms with E-state index in [0.29, 0.717) is 26.6 Å². The van der Waals surface area contributed by atoms with Gasteiger partial charge in [0.1, 0.15) is 17.5 Å². The number of hydrogen-bond donors (Lipinski definition) is 1. The number of rotatable bonds is 4. The van der Waals surface area contributed by atoms with E-state index in [-0.39, 0.29) is 18.2 Å². The minimum Gasteiger partial charge on any atom is -0.461 e. The maximum Gasteiger partial charge on any atom is 0.326 e. The minimum atomic E-state index is -0.586. The molecule has 0 aliphatic heterocycles. The Hall–Kier alpha value is -2.22. The quantitative estimate of drug-likeness (QED) is 0.837. The van der Waals surface area contributed by atoms with Gasteiger partial charge in [0, 0.05) is 0 Å². The Balaban J connectivity index is 1.80. The van der Waals surface area contributed by atoms with E-state index in [4.69, 9.17) is 10.5 Å². The van der Waals surface area contributed by atoms with Crippen LogP contribution in [-0.4, -0.2) is 27.5 Å². The monoisotopic (exact) mass is 363 g/mol. The molecule has 7 nitrogen and oxygen atoms in total. The van der Waals surface area contributed by atoms with Gasteiger partial charge in [0.2, 0.25) is 0 Å². The molecular weight excluding hydrogens is 342 g/mol. The van der Waals surface area contributed by atoms with Crippen LogP contribution in [-0.2, 0) is 16.1 Å². The summed E-state index contributed by atoms with van der Waals surface area (Å²) in [5.41, 5.74) is 5.47. The van der Waals surface area contributed by atoms with Crippen LogP contribution in [0.25, 0.3) is 10.2 Å². The van der Waals surface area contributed by atoms with Gasteiger partial charge >= 0.3 is 5.97 Å². The molecule has 2 aromatic heterocycles. The summed E-state index contributed by atoms with van der Waals surface area (Å²) in [4.78, 5) is 41.2. The third-order valence-electron chi connectivity index (χ3n) is 4.63. The van der Waals surface area contributed by atoms with Crippen LogP contribution in [0.5, 0.6) is 0 Å². The number of amides is 1.